The normalized spacial score (nSPS) is 16.2. The van der Waals surface area contributed by atoms with E-state index in [2.05, 4.69) is 47.5 Å². The van der Waals surface area contributed by atoms with Crippen molar-refractivity contribution in [1.82, 2.24) is 0 Å². The Morgan fingerprint density at radius 2 is 2.16 bits per heavy atom. The van der Waals surface area contributed by atoms with Gasteiger partial charge in [0.05, 0.1) is 0 Å². The first-order chi connectivity index (χ1) is 9.29. The van der Waals surface area contributed by atoms with Gasteiger partial charge in [0.25, 0.3) is 0 Å². The third kappa shape index (κ3) is 2.40. The van der Waals surface area contributed by atoms with Crippen LogP contribution < -0.4 is 10.6 Å². The molecule has 1 aliphatic heterocycles. The molecule has 0 saturated heterocycles. The summed E-state index contributed by atoms with van der Waals surface area (Å²) in [6, 6.07) is 11.0. The van der Waals surface area contributed by atoms with E-state index in [1.165, 1.54) is 16.8 Å². The van der Waals surface area contributed by atoms with Crippen molar-refractivity contribution < 1.29 is 0 Å². The Balaban J connectivity index is 1.91. The lowest BCUT2D eigenvalue weighted by molar-refractivity contribution is 0.680. The Labute approximate surface area is 118 Å². The Bertz CT molecular complexity index is 561. The molecule has 0 saturated carbocycles. The quantitative estimate of drug-likeness (QED) is 0.922. The van der Waals surface area contributed by atoms with E-state index >= 15 is 0 Å². The molecule has 1 atom stereocenters. The SMILES string of the molecule is CC[C@@H](N)c1ccccc1N1CCc2sccc2C1. The lowest BCUT2D eigenvalue weighted by atomic mass is 10.0. The Morgan fingerprint density at radius 3 is 3.00 bits per heavy atom. The summed E-state index contributed by atoms with van der Waals surface area (Å²) in [5, 5.41) is 2.21. The molecule has 3 rings (SSSR count). The highest BCUT2D eigenvalue weighted by atomic mass is 32.1. The van der Waals surface area contributed by atoms with Crippen molar-refractivity contribution in [2.75, 3.05) is 11.4 Å². The van der Waals surface area contributed by atoms with Gasteiger partial charge in [0.1, 0.15) is 0 Å². The second kappa shape index (κ2) is 5.35. The summed E-state index contributed by atoms with van der Waals surface area (Å²) < 4.78 is 0. The number of rotatable bonds is 3. The lowest BCUT2D eigenvalue weighted by Gasteiger charge is -2.31. The molecule has 2 N–H and O–H groups in total. The van der Waals surface area contributed by atoms with Gasteiger partial charge in [-0.2, -0.15) is 0 Å². The third-order valence-electron chi connectivity index (χ3n) is 3.92. The fourth-order valence-electron chi connectivity index (χ4n) is 2.76. The van der Waals surface area contributed by atoms with Gasteiger partial charge in [0.15, 0.2) is 0 Å². The zero-order chi connectivity index (χ0) is 13.2. The average molecular weight is 272 g/mol. The number of hydrogen-bond donors (Lipinski definition) is 1. The fourth-order valence-corrected chi connectivity index (χ4v) is 3.65. The summed E-state index contributed by atoms with van der Waals surface area (Å²) >= 11 is 1.89. The minimum absolute atomic E-state index is 0.139. The molecular formula is C16H20N2S. The average Bonchev–Trinajstić information content (AvgIpc) is 2.93. The van der Waals surface area contributed by atoms with Crippen molar-refractivity contribution in [3.8, 4) is 0 Å². The van der Waals surface area contributed by atoms with Gasteiger partial charge in [0.2, 0.25) is 0 Å². The van der Waals surface area contributed by atoms with Crippen LogP contribution in [0.2, 0.25) is 0 Å². The largest absolute Gasteiger partial charge is 0.367 e. The lowest BCUT2D eigenvalue weighted by Crippen LogP contribution is -2.31. The van der Waals surface area contributed by atoms with Gasteiger partial charge in [0, 0.05) is 29.7 Å². The van der Waals surface area contributed by atoms with E-state index in [4.69, 9.17) is 5.73 Å². The second-order valence-electron chi connectivity index (χ2n) is 5.11. The van der Waals surface area contributed by atoms with Gasteiger partial charge in [-0.3, -0.25) is 0 Å². The summed E-state index contributed by atoms with van der Waals surface area (Å²) in [5.74, 6) is 0. The maximum absolute atomic E-state index is 6.25. The highest BCUT2D eigenvalue weighted by molar-refractivity contribution is 7.10. The number of nitrogens with two attached hydrogens (primary N) is 1. The summed E-state index contributed by atoms with van der Waals surface area (Å²) in [4.78, 5) is 4.02. The standard InChI is InChI=1S/C16H20N2S/c1-2-14(17)13-5-3-4-6-15(13)18-9-7-16-12(11-18)8-10-19-16/h3-6,8,10,14H,2,7,9,11,17H2,1H3/t14-/m1/s1. The number of nitrogens with zero attached hydrogens (tertiary/aromatic N) is 1. The molecule has 0 aliphatic carbocycles. The molecule has 3 heteroatoms. The molecule has 1 aliphatic rings. The third-order valence-corrected chi connectivity index (χ3v) is 4.95. The minimum atomic E-state index is 0.139. The summed E-state index contributed by atoms with van der Waals surface area (Å²) in [6.07, 6.45) is 2.14. The van der Waals surface area contributed by atoms with Gasteiger partial charge < -0.3 is 10.6 Å². The smallest absolute Gasteiger partial charge is 0.0440 e. The molecule has 0 fully saturated rings. The second-order valence-corrected chi connectivity index (χ2v) is 6.11. The van der Waals surface area contributed by atoms with Crippen LogP contribution in [0.1, 0.15) is 35.4 Å². The van der Waals surface area contributed by atoms with Gasteiger partial charge in [-0.25, -0.2) is 0 Å². The van der Waals surface area contributed by atoms with E-state index in [-0.39, 0.29) is 6.04 Å². The number of thiophene rings is 1. The topological polar surface area (TPSA) is 29.3 Å². The molecule has 2 heterocycles. The van der Waals surface area contributed by atoms with Crippen molar-refractivity contribution in [1.29, 1.82) is 0 Å². The van der Waals surface area contributed by atoms with Crippen LogP contribution in [0.25, 0.3) is 0 Å². The molecule has 0 amide bonds. The number of fused-ring (bicyclic) bond motifs is 1. The van der Waals surface area contributed by atoms with Crippen LogP contribution in [-0.4, -0.2) is 6.54 Å². The molecule has 0 spiro atoms. The fraction of sp³-hybridized carbons (Fsp3) is 0.375. The van der Waals surface area contributed by atoms with Crippen LogP contribution >= 0.6 is 11.3 Å². The molecule has 1 aromatic carbocycles. The highest BCUT2D eigenvalue weighted by Crippen LogP contribution is 2.32. The van der Waals surface area contributed by atoms with Crippen molar-refractivity contribution in [2.45, 2.75) is 32.4 Å². The van der Waals surface area contributed by atoms with Crippen molar-refractivity contribution in [3.05, 3.63) is 51.7 Å². The monoisotopic (exact) mass is 272 g/mol. The first kappa shape index (κ1) is 12.7. The summed E-state index contributed by atoms with van der Waals surface area (Å²) in [6.45, 7) is 4.27. The van der Waals surface area contributed by atoms with Crippen molar-refractivity contribution >= 4 is 17.0 Å². The van der Waals surface area contributed by atoms with Gasteiger partial charge in [-0.1, -0.05) is 25.1 Å². The van der Waals surface area contributed by atoms with E-state index < -0.39 is 0 Å². The van der Waals surface area contributed by atoms with Crippen LogP contribution in [-0.2, 0) is 13.0 Å². The molecule has 2 aromatic rings. The maximum atomic E-state index is 6.25. The minimum Gasteiger partial charge on any atom is -0.367 e. The van der Waals surface area contributed by atoms with E-state index in [1.807, 2.05) is 11.3 Å². The van der Waals surface area contributed by atoms with E-state index in [0.29, 0.717) is 0 Å². The Kier molecular flexibility index (Phi) is 3.58. The van der Waals surface area contributed by atoms with E-state index in [1.54, 1.807) is 4.88 Å². The van der Waals surface area contributed by atoms with Crippen LogP contribution in [0, 0.1) is 0 Å². The van der Waals surface area contributed by atoms with Crippen LogP contribution in [0.5, 0.6) is 0 Å². The molecule has 100 valence electrons. The number of benzene rings is 1. The highest BCUT2D eigenvalue weighted by Gasteiger charge is 2.20. The molecule has 1 aromatic heterocycles. The maximum Gasteiger partial charge on any atom is 0.0440 e. The molecule has 19 heavy (non-hydrogen) atoms. The Morgan fingerprint density at radius 1 is 1.32 bits per heavy atom. The Hall–Kier alpha value is -1.32. The number of hydrogen-bond acceptors (Lipinski definition) is 3. The predicted molar refractivity (Wildman–Crippen MR) is 82.7 cm³/mol. The zero-order valence-electron chi connectivity index (χ0n) is 11.3. The van der Waals surface area contributed by atoms with E-state index in [0.717, 1.165) is 25.9 Å². The molecule has 0 bridgehead atoms. The van der Waals surface area contributed by atoms with Gasteiger partial charge >= 0.3 is 0 Å². The molecular weight excluding hydrogens is 252 g/mol. The van der Waals surface area contributed by atoms with Gasteiger partial charge in [-0.15, -0.1) is 11.3 Å². The first-order valence-electron chi connectivity index (χ1n) is 6.94. The molecule has 0 radical (unpaired) electrons. The summed E-state index contributed by atoms with van der Waals surface area (Å²) in [7, 11) is 0. The van der Waals surface area contributed by atoms with Crippen molar-refractivity contribution in [3.63, 3.8) is 0 Å². The number of para-hydroxylation sites is 1. The predicted octanol–water partition coefficient (Wildman–Crippen LogP) is 3.72. The number of anilines is 1. The first-order valence-corrected chi connectivity index (χ1v) is 7.82. The van der Waals surface area contributed by atoms with E-state index in [9.17, 15) is 0 Å². The summed E-state index contributed by atoms with van der Waals surface area (Å²) in [5.41, 5.74) is 10.3. The van der Waals surface area contributed by atoms with Crippen LogP contribution in [0.15, 0.2) is 35.7 Å². The van der Waals surface area contributed by atoms with Gasteiger partial charge in [-0.05, 0) is 41.5 Å². The van der Waals surface area contributed by atoms with Crippen molar-refractivity contribution in [2.24, 2.45) is 5.73 Å². The zero-order valence-corrected chi connectivity index (χ0v) is 12.1. The van der Waals surface area contributed by atoms with Crippen LogP contribution in [0.3, 0.4) is 0 Å². The molecule has 0 unspecified atom stereocenters. The molecule has 2 nitrogen and oxygen atoms in total. The van der Waals surface area contributed by atoms with Crippen LogP contribution in [0.4, 0.5) is 5.69 Å².